The first-order valence-electron chi connectivity index (χ1n) is 9.59. The number of fused-ring (bicyclic) bond motifs is 1. The zero-order valence-corrected chi connectivity index (χ0v) is 15.7. The number of aromatic carboxylic acids is 1. The largest absolute Gasteiger partial charge is 0.478 e. The third kappa shape index (κ3) is 3.66. The SMILES string of the molecule is CCOC1CC(c2ccc(C(=O)O)cc2)N(OC(=O)c2ccccc2)C2CC12. The highest BCUT2D eigenvalue weighted by Gasteiger charge is 2.56. The molecule has 2 aromatic carbocycles. The van der Waals surface area contributed by atoms with Crippen molar-refractivity contribution in [3.05, 3.63) is 71.3 Å². The first-order valence-corrected chi connectivity index (χ1v) is 9.59. The topological polar surface area (TPSA) is 76.1 Å². The van der Waals surface area contributed by atoms with Gasteiger partial charge in [0.25, 0.3) is 0 Å². The van der Waals surface area contributed by atoms with E-state index >= 15 is 0 Å². The van der Waals surface area contributed by atoms with Crippen LogP contribution in [0.15, 0.2) is 54.6 Å². The molecular formula is C22H23NO5. The first kappa shape index (κ1) is 18.7. The zero-order chi connectivity index (χ0) is 19.7. The van der Waals surface area contributed by atoms with E-state index in [4.69, 9.17) is 14.7 Å². The number of hydrogen-bond donors (Lipinski definition) is 1. The van der Waals surface area contributed by atoms with Gasteiger partial charge in [0.1, 0.15) is 0 Å². The van der Waals surface area contributed by atoms with Crippen LogP contribution >= 0.6 is 0 Å². The molecule has 0 amide bonds. The van der Waals surface area contributed by atoms with Crippen molar-refractivity contribution < 1.29 is 24.3 Å². The number of rotatable bonds is 6. The number of benzene rings is 2. The Balaban J connectivity index is 1.59. The Hall–Kier alpha value is -2.70. The van der Waals surface area contributed by atoms with E-state index in [1.54, 1.807) is 53.6 Å². The highest BCUT2D eigenvalue weighted by Crippen LogP contribution is 2.51. The van der Waals surface area contributed by atoms with Crippen LogP contribution in [0.3, 0.4) is 0 Å². The lowest BCUT2D eigenvalue weighted by molar-refractivity contribution is -0.178. The quantitative estimate of drug-likeness (QED) is 0.822. The van der Waals surface area contributed by atoms with Crippen LogP contribution < -0.4 is 0 Å². The summed E-state index contributed by atoms with van der Waals surface area (Å²) in [6.45, 7) is 2.62. The van der Waals surface area contributed by atoms with Gasteiger partial charge in [0.2, 0.25) is 0 Å². The lowest BCUT2D eigenvalue weighted by Gasteiger charge is -2.37. The van der Waals surface area contributed by atoms with E-state index in [0.29, 0.717) is 24.5 Å². The molecule has 2 aromatic rings. The Morgan fingerprint density at radius 3 is 2.39 bits per heavy atom. The first-order chi connectivity index (χ1) is 13.6. The van der Waals surface area contributed by atoms with E-state index in [-0.39, 0.29) is 29.7 Å². The number of carbonyl (C=O) groups is 2. The average molecular weight is 381 g/mol. The molecule has 28 heavy (non-hydrogen) atoms. The van der Waals surface area contributed by atoms with E-state index < -0.39 is 5.97 Å². The van der Waals surface area contributed by atoms with Gasteiger partial charge >= 0.3 is 11.9 Å². The van der Waals surface area contributed by atoms with Gasteiger partial charge in [0, 0.05) is 12.5 Å². The van der Waals surface area contributed by atoms with Crippen LogP contribution in [0.4, 0.5) is 0 Å². The maximum Gasteiger partial charge on any atom is 0.357 e. The average Bonchev–Trinajstić information content (AvgIpc) is 3.52. The number of hydroxylamine groups is 2. The predicted octanol–water partition coefficient (Wildman–Crippen LogP) is 3.70. The number of nitrogens with zero attached hydrogens (tertiary/aromatic N) is 1. The molecule has 1 saturated carbocycles. The Bertz CT molecular complexity index is 851. The summed E-state index contributed by atoms with van der Waals surface area (Å²) < 4.78 is 5.93. The number of hydrogen-bond acceptors (Lipinski definition) is 5. The minimum absolute atomic E-state index is 0.117. The molecule has 1 saturated heterocycles. The number of carboxylic acid groups (broad SMARTS) is 1. The molecule has 2 fully saturated rings. The maximum absolute atomic E-state index is 12.6. The third-order valence-corrected chi connectivity index (χ3v) is 5.49. The van der Waals surface area contributed by atoms with E-state index in [9.17, 15) is 9.59 Å². The fraction of sp³-hybridized carbons (Fsp3) is 0.364. The number of piperidine rings is 1. The fourth-order valence-corrected chi connectivity index (χ4v) is 4.01. The van der Waals surface area contributed by atoms with Crippen molar-refractivity contribution in [3.63, 3.8) is 0 Å². The normalized spacial score (nSPS) is 26.3. The van der Waals surface area contributed by atoms with Crippen LogP contribution in [0.25, 0.3) is 0 Å². The summed E-state index contributed by atoms with van der Waals surface area (Å²) in [5.74, 6) is -0.983. The maximum atomic E-state index is 12.6. The molecule has 0 bridgehead atoms. The summed E-state index contributed by atoms with van der Waals surface area (Å²) in [6.07, 6.45) is 1.74. The van der Waals surface area contributed by atoms with Gasteiger partial charge in [-0.2, -0.15) is 0 Å². The van der Waals surface area contributed by atoms with Gasteiger partial charge in [-0.05, 0) is 49.6 Å². The van der Waals surface area contributed by atoms with Crippen molar-refractivity contribution in [1.82, 2.24) is 5.06 Å². The Morgan fingerprint density at radius 1 is 1.04 bits per heavy atom. The highest BCUT2D eigenvalue weighted by molar-refractivity contribution is 5.89. The standard InChI is InChI=1S/C22H23NO5/c1-2-27-20-13-18(14-8-10-15(11-9-14)21(24)25)23(19-12-17(19)20)28-22(26)16-6-4-3-5-7-16/h3-11,17-20H,2,12-13H2,1H3,(H,24,25). The monoisotopic (exact) mass is 381 g/mol. The van der Waals surface area contributed by atoms with Crippen LogP contribution in [0.5, 0.6) is 0 Å². The third-order valence-electron chi connectivity index (χ3n) is 5.49. The molecular weight excluding hydrogens is 358 g/mol. The summed E-state index contributed by atoms with van der Waals surface area (Å²) in [5, 5.41) is 10.9. The molecule has 0 radical (unpaired) electrons. The molecule has 146 valence electrons. The van der Waals surface area contributed by atoms with Crippen LogP contribution in [-0.4, -0.2) is 40.9 Å². The zero-order valence-electron chi connectivity index (χ0n) is 15.7. The summed E-state index contributed by atoms with van der Waals surface area (Å²) in [6, 6.07) is 15.7. The van der Waals surface area contributed by atoms with Gasteiger partial charge < -0.3 is 14.7 Å². The molecule has 1 aliphatic carbocycles. The van der Waals surface area contributed by atoms with Crippen LogP contribution in [-0.2, 0) is 9.57 Å². The Morgan fingerprint density at radius 2 is 1.75 bits per heavy atom. The van der Waals surface area contributed by atoms with Gasteiger partial charge in [-0.1, -0.05) is 30.3 Å². The number of ether oxygens (including phenoxy) is 1. The van der Waals surface area contributed by atoms with Crippen molar-refractivity contribution >= 4 is 11.9 Å². The molecule has 6 nitrogen and oxygen atoms in total. The second kappa shape index (κ2) is 7.73. The molecule has 2 aliphatic rings. The van der Waals surface area contributed by atoms with Gasteiger partial charge in [-0.15, -0.1) is 5.06 Å². The summed E-state index contributed by atoms with van der Waals surface area (Å²) >= 11 is 0. The lowest BCUT2D eigenvalue weighted by Crippen LogP contribution is -2.42. The smallest absolute Gasteiger partial charge is 0.357 e. The van der Waals surface area contributed by atoms with Crippen LogP contribution in [0.2, 0.25) is 0 Å². The fourth-order valence-electron chi connectivity index (χ4n) is 4.01. The summed E-state index contributed by atoms with van der Waals surface area (Å²) in [7, 11) is 0. The summed E-state index contributed by atoms with van der Waals surface area (Å²) in [5.41, 5.74) is 1.66. The van der Waals surface area contributed by atoms with Gasteiger partial charge in [-0.25, -0.2) is 9.59 Å². The second-order valence-electron chi connectivity index (χ2n) is 7.24. The van der Waals surface area contributed by atoms with Gasteiger partial charge in [0.05, 0.1) is 29.3 Å². The number of carbonyl (C=O) groups excluding carboxylic acids is 1. The van der Waals surface area contributed by atoms with E-state index in [1.807, 2.05) is 13.0 Å². The molecule has 6 heteroatoms. The Labute approximate surface area is 163 Å². The molecule has 4 rings (SSSR count). The molecule has 0 aromatic heterocycles. The Kier molecular flexibility index (Phi) is 5.15. The van der Waals surface area contributed by atoms with Crippen molar-refractivity contribution in [2.45, 2.75) is 38.0 Å². The van der Waals surface area contributed by atoms with Crippen molar-refractivity contribution in [3.8, 4) is 0 Å². The molecule has 1 aliphatic heterocycles. The van der Waals surface area contributed by atoms with E-state index in [1.165, 1.54) is 0 Å². The van der Waals surface area contributed by atoms with Gasteiger partial charge in [-0.3, -0.25) is 0 Å². The minimum atomic E-state index is -0.961. The second-order valence-corrected chi connectivity index (χ2v) is 7.24. The summed E-state index contributed by atoms with van der Waals surface area (Å²) in [4.78, 5) is 29.6. The molecule has 1 N–H and O–H groups in total. The predicted molar refractivity (Wildman–Crippen MR) is 102 cm³/mol. The number of carboxylic acids is 1. The van der Waals surface area contributed by atoms with Crippen LogP contribution in [0.1, 0.15) is 52.1 Å². The van der Waals surface area contributed by atoms with Crippen molar-refractivity contribution in [2.75, 3.05) is 6.61 Å². The highest BCUT2D eigenvalue weighted by atomic mass is 16.7. The van der Waals surface area contributed by atoms with Gasteiger partial charge in [0.15, 0.2) is 0 Å². The molecule has 4 atom stereocenters. The van der Waals surface area contributed by atoms with Crippen molar-refractivity contribution in [1.29, 1.82) is 0 Å². The lowest BCUT2D eigenvalue weighted by atomic mass is 9.94. The molecule has 1 heterocycles. The van der Waals surface area contributed by atoms with E-state index in [0.717, 1.165) is 12.0 Å². The minimum Gasteiger partial charge on any atom is -0.478 e. The molecule has 4 unspecified atom stereocenters. The van der Waals surface area contributed by atoms with Crippen LogP contribution in [0, 0.1) is 5.92 Å². The van der Waals surface area contributed by atoms with E-state index in [2.05, 4.69) is 0 Å². The molecule has 0 spiro atoms. The van der Waals surface area contributed by atoms with Crippen molar-refractivity contribution in [2.24, 2.45) is 5.92 Å².